The average Bonchev–Trinajstić information content (AvgIpc) is 1.58. The van der Waals surface area contributed by atoms with E-state index in [0.717, 1.165) is 33.2 Å². The van der Waals surface area contributed by atoms with Crippen LogP contribution in [-0.4, -0.2) is 13.7 Å². The number of fused-ring (bicyclic) bond motifs is 28. The molecule has 4 nitrogen and oxygen atoms in total. The fraction of sp³-hybridized carbons (Fsp3) is 0. The minimum absolute atomic E-state index is 0.657. The van der Waals surface area contributed by atoms with Crippen molar-refractivity contribution in [2.45, 2.75) is 0 Å². The van der Waals surface area contributed by atoms with Crippen molar-refractivity contribution < 1.29 is 4.42 Å². The molecule has 3 atom stereocenters. The zero-order chi connectivity index (χ0) is 76.8. The van der Waals surface area contributed by atoms with E-state index in [1.54, 1.807) is 0 Å². The lowest BCUT2D eigenvalue weighted by Gasteiger charge is -2.10. The van der Waals surface area contributed by atoms with Crippen molar-refractivity contribution in [3.8, 4) is 44.1 Å². The third-order valence-corrected chi connectivity index (χ3v) is 32.1. The van der Waals surface area contributed by atoms with E-state index < -0.39 is 22.6 Å². The van der Waals surface area contributed by atoms with Crippen LogP contribution in [0.15, 0.2) is 429 Å². The summed E-state index contributed by atoms with van der Waals surface area (Å²) in [5.74, 6) is 0. The van der Waals surface area contributed by atoms with E-state index in [-0.39, 0.29) is 0 Å². The second kappa shape index (κ2) is 27.3. The summed E-state index contributed by atoms with van der Waals surface area (Å²) in [5.41, 5.74) is 15.3. The second-order valence-electron chi connectivity index (χ2n) is 30.5. The molecule has 0 radical (unpaired) electrons. The molecule has 0 bridgehead atoms. The van der Waals surface area contributed by atoms with E-state index >= 15 is 0 Å². The Balaban J connectivity index is 0.000000101. The lowest BCUT2D eigenvalue weighted by molar-refractivity contribution is 0.669. The highest BCUT2D eigenvalue weighted by atomic mass is 31.1. The minimum atomic E-state index is -0.681. The van der Waals surface area contributed by atoms with Gasteiger partial charge in [0.2, 0.25) is 0 Å². The molecular formula is C110H70N3OP3. The van der Waals surface area contributed by atoms with Crippen molar-refractivity contribution in [2.24, 2.45) is 0 Å². The van der Waals surface area contributed by atoms with E-state index in [4.69, 9.17) is 4.42 Å². The van der Waals surface area contributed by atoms with Gasteiger partial charge in [0, 0.05) is 96.2 Å². The quantitative estimate of drug-likeness (QED) is 0.156. The Kier molecular flexibility index (Phi) is 15.7. The molecule has 0 fully saturated rings. The summed E-state index contributed by atoms with van der Waals surface area (Å²) in [6, 6.07) is 156. The van der Waals surface area contributed by atoms with Gasteiger partial charge in [-0.3, -0.25) is 0 Å². The number of furan rings is 1. The van der Waals surface area contributed by atoms with Crippen LogP contribution in [0.5, 0.6) is 0 Å². The molecule has 546 valence electrons. The van der Waals surface area contributed by atoms with Crippen LogP contribution in [0.2, 0.25) is 0 Å². The number of nitrogens with zero attached hydrogens (tertiary/aromatic N) is 3. The third-order valence-electron chi connectivity index (χ3n) is 24.3. The molecule has 7 heterocycles. The Hall–Kier alpha value is -14.2. The van der Waals surface area contributed by atoms with Gasteiger partial charge in [-0.2, -0.15) is 0 Å². The van der Waals surface area contributed by atoms with Crippen LogP contribution in [0, 0.1) is 0 Å². The first kappa shape index (κ1) is 67.3. The van der Waals surface area contributed by atoms with E-state index in [9.17, 15) is 0 Å². The first-order valence-electron chi connectivity index (χ1n) is 40.1. The summed E-state index contributed by atoms with van der Waals surface area (Å²) in [6.07, 6.45) is 0. The van der Waals surface area contributed by atoms with Gasteiger partial charge in [0.15, 0.2) is 0 Å². The molecule has 0 spiro atoms. The van der Waals surface area contributed by atoms with Crippen molar-refractivity contribution in [3.05, 3.63) is 425 Å². The van der Waals surface area contributed by atoms with Gasteiger partial charge >= 0.3 is 0 Å². The minimum Gasteiger partial charge on any atom is -0.456 e. The summed E-state index contributed by atoms with van der Waals surface area (Å²) < 4.78 is 13.6. The molecular weight excluding hydrogens is 1470 g/mol. The number of rotatable bonds is 7. The van der Waals surface area contributed by atoms with Gasteiger partial charge in [-0.1, -0.05) is 362 Å². The van der Waals surface area contributed by atoms with Crippen LogP contribution >= 0.6 is 22.6 Å². The predicted octanol–water partition coefficient (Wildman–Crippen LogP) is 33.1. The predicted molar refractivity (Wildman–Crippen MR) is 507 cm³/mol. The maximum absolute atomic E-state index is 6.19. The van der Waals surface area contributed by atoms with Gasteiger partial charge in [0.25, 0.3) is 0 Å². The Morgan fingerprint density at radius 3 is 1.10 bits per heavy atom. The molecule has 0 amide bonds. The van der Waals surface area contributed by atoms with E-state index in [0.29, 0.717) is 0 Å². The summed E-state index contributed by atoms with van der Waals surface area (Å²) in [7, 11) is -2.01. The van der Waals surface area contributed by atoms with Crippen molar-refractivity contribution in [1.82, 2.24) is 13.7 Å². The SMILES string of the molecule is c1ccc(-n2c3ccc4c5ccccc5p(-c5ccccc5)c4c3c3ccc4ccccc4c32)cc1.c1ccc(-n2c3ccc4ccccc4c3c3c2ccc2c4ccccc4p(-c4ccccc4)c23)cc1.c1ccc(-p2c3ccccc3c3ccc4c(c5ccccc5n4-c4ccc(-c5ccc6c(c5)oc5ccccc56)cc4)c32)cc1. The summed E-state index contributed by atoms with van der Waals surface area (Å²) in [4.78, 5) is 0. The smallest absolute Gasteiger partial charge is 0.136 e. The van der Waals surface area contributed by atoms with Gasteiger partial charge in [-0.05, 0) is 160 Å². The number of benzene rings is 19. The second-order valence-corrected chi connectivity index (χ2v) is 36.9. The van der Waals surface area contributed by atoms with E-state index in [1.165, 1.54) is 183 Å². The first-order valence-corrected chi connectivity index (χ1v) is 44.2. The topological polar surface area (TPSA) is 27.9 Å². The van der Waals surface area contributed by atoms with Crippen LogP contribution < -0.4 is 0 Å². The molecule has 7 heteroatoms. The molecule has 0 aliphatic rings. The molecule has 0 aliphatic heterocycles. The zero-order valence-electron chi connectivity index (χ0n) is 63.5. The average molecular weight is 1540 g/mol. The molecule has 19 aromatic carbocycles. The summed E-state index contributed by atoms with van der Waals surface area (Å²) >= 11 is 0. The molecule has 7 aromatic heterocycles. The fourth-order valence-corrected chi connectivity index (χ4v) is 27.8. The Morgan fingerprint density at radius 2 is 0.538 bits per heavy atom. The Labute approximate surface area is 676 Å². The highest BCUT2D eigenvalue weighted by molar-refractivity contribution is 7.69. The lowest BCUT2D eigenvalue weighted by atomic mass is 10.0. The number of hydrogen-bond donors (Lipinski definition) is 0. The molecule has 0 N–H and O–H groups in total. The van der Waals surface area contributed by atoms with Crippen LogP contribution in [0.25, 0.3) is 216 Å². The highest BCUT2D eigenvalue weighted by Gasteiger charge is 2.27. The molecule has 26 aromatic rings. The highest BCUT2D eigenvalue weighted by Crippen LogP contribution is 2.62. The van der Waals surface area contributed by atoms with Gasteiger partial charge in [0.05, 0.1) is 33.1 Å². The van der Waals surface area contributed by atoms with Crippen molar-refractivity contribution in [2.75, 3.05) is 0 Å². The molecule has 3 unspecified atom stereocenters. The maximum Gasteiger partial charge on any atom is 0.136 e. The molecule has 0 saturated carbocycles. The molecule has 117 heavy (non-hydrogen) atoms. The standard InChI is InChI=1S/C42H26NOP.2C34H22NP/c1-2-10-30(11-3-1)45-40-17-9-6-13-33(40)34-24-25-37-41(42(34)45)35-14-4-7-15-36(35)43(37)29-21-18-27(19-22-29)28-20-23-32-31-12-5-8-16-38(31)44-39(32)26-28;1-3-12-24(13-4-1)35-29-21-19-23-11-7-8-16-26(23)32(29)33-30(35)22-20-28-27-17-9-10-18-31(27)36(34(28)33)25-14-5-2-6-15-25;1-3-12-24(13-4-1)35-30-22-21-28-27-17-9-10-18-31(27)36(25-14-5-2-6-15-25)34(28)32(30)29-20-19-23-11-7-8-16-26(23)33(29)35/h1-26H;2*1-22H. The largest absolute Gasteiger partial charge is 0.456 e. The van der Waals surface area contributed by atoms with E-state index in [1.807, 2.05) is 12.1 Å². The van der Waals surface area contributed by atoms with Gasteiger partial charge in [-0.15, -0.1) is 0 Å². The fourth-order valence-electron chi connectivity index (χ4n) is 19.4. The van der Waals surface area contributed by atoms with Crippen LogP contribution in [0.4, 0.5) is 0 Å². The van der Waals surface area contributed by atoms with Crippen molar-refractivity contribution in [1.29, 1.82) is 0 Å². The van der Waals surface area contributed by atoms with Crippen LogP contribution in [-0.2, 0) is 0 Å². The summed E-state index contributed by atoms with van der Waals surface area (Å²) in [6.45, 7) is 0. The van der Waals surface area contributed by atoms with Crippen LogP contribution in [0.1, 0.15) is 0 Å². The molecule has 26 rings (SSSR count). The van der Waals surface area contributed by atoms with Gasteiger partial charge in [0.1, 0.15) is 11.2 Å². The zero-order valence-corrected chi connectivity index (χ0v) is 66.2. The number of para-hydroxylation sites is 4. The maximum atomic E-state index is 6.19. The Bertz CT molecular complexity index is 8470. The van der Waals surface area contributed by atoms with Crippen LogP contribution in [0.3, 0.4) is 0 Å². The molecule has 0 saturated heterocycles. The first-order chi connectivity index (χ1) is 58.1. The lowest BCUT2D eigenvalue weighted by Crippen LogP contribution is -1.93. The van der Waals surface area contributed by atoms with Gasteiger partial charge in [-0.25, -0.2) is 0 Å². The van der Waals surface area contributed by atoms with E-state index in [2.05, 4.69) is 426 Å². The van der Waals surface area contributed by atoms with Gasteiger partial charge < -0.3 is 18.1 Å². The van der Waals surface area contributed by atoms with Crippen molar-refractivity contribution >= 4 is 195 Å². The number of aromatic nitrogens is 3. The monoisotopic (exact) mass is 1540 g/mol. The molecule has 0 aliphatic carbocycles. The third kappa shape index (κ3) is 10.5. The van der Waals surface area contributed by atoms with Crippen molar-refractivity contribution in [3.63, 3.8) is 0 Å². The number of hydrogen-bond acceptors (Lipinski definition) is 1. The Morgan fingerprint density at radius 1 is 0.188 bits per heavy atom. The summed E-state index contributed by atoms with van der Waals surface area (Å²) in [5, 5.41) is 36.9. The normalized spacial score (nSPS) is 12.4.